The molecule has 5 nitrogen and oxygen atoms in total. The highest BCUT2D eigenvalue weighted by Crippen LogP contribution is 2.33. The Hall–Kier alpha value is -1.96. The van der Waals surface area contributed by atoms with E-state index in [1.165, 1.54) is 18.6 Å². The maximum atomic E-state index is 12.5. The van der Waals surface area contributed by atoms with Crippen molar-refractivity contribution in [1.82, 2.24) is 10.2 Å². The highest BCUT2D eigenvalue weighted by atomic mass is 19.4. The maximum Gasteiger partial charge on any atom is 0.573 e. The van der Waals surface area contributed by atoms with E-state index >= 15 is 0 Å². The van der Waals surface area contributed by atoms with Crippen molar-refractivity contribution in [3.05, 3.63) is 29.3 Å². The second-order valence-corrected chi connectivity index (χ2v) is 9.72. The van der Waals surface area contributed by atoms with Crippen molar-refractivity contribution in [2.75, 3.05) is 13.1 Å². The van der Waals surface area contributed by atoms with Gasteiger partial charge in [-0.25, -0.2) is 4.79 Å². The molecule has 0 unspecified atom stereocenters. The fourth-order valence-corrected chi connectivity index (χ4v) is 4.53. The first-order valence-corrected chi connectivity index (χ1v) is 11.0. The van der Waals surface area contributed by atoms with E-state index in [1.54, 1.807) is 6.07 Å². The predicted octanol–water partition coefficient (Wildman–Crippen LogP) is 5.56. The van der Waals surface area contributed by atoms with Gasteiger partial charge in [-0.2, -0.15) is 0 Å². The zero-order chi connectivity index (χ0) is 22.7. The van der Waals surface area contributed by atoms with Gasteiger partial charge in [0.05, 0.1) is 0 Å². The van der Waals surface area contributed by atoms with E-state index in [1.807, 2.05) is 20.8 Å². The van der Waals surface area contributed by atoms with Crippen LogP contribution in [0.15, 0.2) is 18.2 Å². The van der Waals surface area contributed by atoms with E-state index in [-0.39, 0.29) is 17.4 Å². The lowest BCUT2D eigenvalue weighted by atomic mass is 9.79. The second-order valence-electron chi connectivity index (χ2n) is 9.72. The summed E-state index contributed by atoms with van der Waals surface area (Å²) < 4.78 is 46.9. The summed E-state index contributed by atoms with van der Waals surface area (Å²) in [6.07, 6.45) is 1.69. The van der Waals surface area contributed by atoms with Crippen molar-refractivity contribution in [2.45, 2.75) is 89.8 Å². The zero-order valence-electron chi connectivity index (χ0n) is 18.6. The molecule has 1 aliphatic heterocycles. The first-order valence-electron chi connectivity index (χ1n) is 11.0. The average Bonchev–Trinajstić information content (AvgIpc) is 2.64. The lowest BCUT2D eigenvalue weighted by molar-refractivity contribution is -0.274. The van der Waals surface area contributed by atoms with Crippen molar-refractivity contribution in [1.29, 1.82) is 0 Å². The van der Waals surface area contributed by atoms with Crippen molar-refractivity contribution >= 4 is 6.09 Å². The maximum absolute atomic E-state index is 12.5. The third-order valence-electron chi connectivity index (χ3n) is 5.99. The van der Waals surface area contributed by atoms with Crippen LogP contribution in [0.2, 0.25) is 0 Å². The first-order chi connectivity index (χ1) is 14.4. The summed E-state index contributed by atoms with van der Waals surface area (Å²) in [7, 11) is 0. The van der Waals surface area contributed by atoms with Crippen LogP contribution in [0.3, 0.4) is 0 Å². The molecule has 1 amide bonds. The minimum Gasteiger partial charge on any atom is -0.444 e. The summed E-state index contributed by atoms with van der Waals surface area (Å²) in [6.45, 7) is 7.84. The number of rotatable bonds is 5. The fourth-order valence-electron chi connectivity index (χ4n) is 4.53. The Morgan fingerprint density at radius 2 is 1.84 bits per heavy atom. The molecule has 1 heterocycles. The largest absolute Gasteiger partial charge is 0.573 e. The van der Waals surface area contributed by atoms with Crippen LogP contribution in [0.25, 0.3) is 0 Å². The number of ether oxygens (including phenoxy) is 2. The molecule has 8 heteroatoms. The molecule has 1 fully saturated rings. The Kier molecular flexibility index (Phi) is 7.08. The topological polar surface area (TPSA) is 50.8 Å². The molecule has 1 saturated carbocycles. The monoisotopic (exact) mass is 442 g/mol. The van der Waals surface area contributed by atoms with Crippen LogP contribution >= 0.6 is 0 Å². The number of amides is 1. The number of hydrogen-bond donors (Lipinski definition) is 1. The van der Waals surface area contributed by atoms with E-state index in [0.29, 0.717) is 13.0 Å². The van der Waals surface area contributed by atoms with Crippen LogP contribution in [-0.2, 0) is 17.7 Å². The minimum absolute atomic E-state index is 0.164. The molecule has 2 aliphatic rings. The quantitative estimate of drug-likeness (QED) is 0.649. The van der Waals surface area contributed by atoms with Gasteiger partial charge in [-0.05, 0) is 69.7 Å². The normalized spacial score (nSPS) is 19.4. The van der Waals surface area contributed by atoms with E-state index in [0.717, 1.165) is 56.3 Å². The standard InChI is InChI=1S/C23H33F3N2O3/c1-21(2,3)31-20(29)27-22(10-5-4-6-11-22)12-14-28-13-9-17-15-19(30-23(24,25)26)8-7-18(17)16-28/h7-8,15H,4-6,9-14,16H2,1-3H3,(H,27,29). The molecule has 31 heavy (non-hydrogen) atoms. The number of carbonyl (C=O) groups excluding carboxylic acids is 1. The molecule has 1 aliphatic carbocycles. The van der Waals surface area contributed by atoms with Gasteiger partial charge in [0.2, 0.25) is 0 Å². The van der Waals surface area contributed by atoms with Crippen LogP contribution in [-0.4, -0.2) is 41.6 Å². The van der Waals surface area contributed by atoms with E-state index in [2.05, 4.69) is 15.0 Å². The highest BCUT2D eigenvalue weighted by molar-refractivity contribution is 5.68. The number of hydrogen-bond acceptors (Lipinski definition) is 4. The molecule has 0 aromatic heterocycles. The summed E-state index contributed by atoms with van der Waals surface area (Å²) in [5.41, 5.74) is 1.13. The molecular formula is C23H33F3N2O3. The van der Waals surface area contributed by atoms with Gasteiger partial charge < -0.3 is 14.8 Å². The summed E-state index contributed by atoms with van der Waals surface area (Å²) >= 11 is 0. The molecule has 0 spiro atoms. The number of fused-ring (bicyclic) bond motifs is 1. The molecule has 1 aromatic carbocycles. The molecule has 0 atom stereocenters. The number of nitrogens with one attached hydrogen (secondary N) is 1. The third-order valence-corrected chi connectivity index (χ3v) is 5.99. The third kappa shape index (κ3) is 7.30. The lowest BCUT2D eigenvalue weighted by Crippen LogP contribution is -2.52. The summed E-state index contributed by atoms with van der Waals surface area (Å²) in [6, 6.07) is 4.59. The zero-order valence-corrected chi connectivity index (χ0v) is 18.6. The van der Waals surface area contributed by atoms with E-state index in [9.17, 15) is 18.0 Å². The summed E-state index contributed by atoms with van der Waals surface area (Å²) in [4.78, 5) is 14.7. The van der Waals surface area contributed by atoms with Gasteiger partial charge >= 0.3 is 12.5 Å². The summed E-state index contributed by atoms with van der Waals surface area (Å²) in [5, 5.41) is 3.17. The summed E-state index contributed by atoms with van der Waals surface area (Å²) in [5.74, 6) is -0.164. The Balaban J connectivity index is 1.59. The Labute approximate surface area is 182 Å². The van der Waals surface area contributed by atoms with Crippen molar-refractivity contribution in [2.24, 2.45) is 0 Å². The van der Waals surface area contributed by atoms with Gasteiger partial charge in [-0.15, -0.1) is 13.2 Å². The number of nitrogens with zero attached hydrogens (tertiary/aromatic N) is 1. The number of alkyl halides is 3. The molecule has 3 rings (SSSR count). The first kappa shape index (κ1) is 23.7. The van der Waals surface area contributed by atoms with Gasteiger partial charge in [0, 0.05) is 25.2 Å². The number of benzene rings is 1. The molecule has 0 bridgehead atoms. The predicted molar refractivity (Wildman–Crippen MR) is 112 cm³/mol. The van der Waals surface area contributed by atoms with Crippen molar-refractivity contribution in [3.63, 3.8) is 0 Å². The van der Waals surface area contributed by atoms with Crippen molar-refractivity contribution < 1.29 is 27.4 Å². The molecule has 0 radical (unpaired) electrons. The van der Waals surface area contributed by atoms with E-state index in [4.69, 9.17) is 4.74 Å². The van der Waals surface area contributed by atoms with Crippen LogP contribution in [0.5, 0.6) is 5.75 Å². The van der Waals surface area contributed by atoms with Crippen LogP contribution in [0, 0.1) is 0 Å². The Morgan fingerprint density at radius 3 is 2.48 bits per heavy atom. The smallest absolute Gasteiger partial charge is 0.444 e. The van der Waals surface area contributed by atoms with Crippen LogP contribution in [0.4, 0.5) is 18.0 Å². The molecule has 1 N–H and O–H groups in total. The second kappa shape index (κ2) is 9.27. The molecule has 174 valence electrons. The average molecular weight is 443 g/mol. The molecular weight excluding hydrogens is 409 g/mol. The molecule has 0 saturated heterocycles. The van der Waals surface area contributed by atoms with E-state index < -0.39 is 12.0 Å². The van der Waals surface area contributed by atoms with Crippen molar-refractivity contribution in [3.8, 4) is 5.75 Å². The van der Waals surface area contributed by atoms with Crippen LogP contribution in [0.1, 0.15) is 70.4 Å². The molecule has 1 aromatic rings. The van der Waals surface area contributed by atoms with Crippen LogP contribution < -0.4 is 10.1 Å². The van der Waals surface area contributed by atoms with Gasteiger partial charge in [-0.1, -0.05) is 25.3 Å². The highest BCUT2D eigenvalue weighted by Gasteiger charge is 2.36. The number of alkyl carbamates (subject to hydrolysis) is 1. The van der Waals surface area contributed by atoms with Gasteiger partial charge in [-0.3, -0.25) is 4.90 Å². The fraction of sp³-hybridized carbons (Fsp3) is 0.696. The van der Waals surface area contributed by atoms with Gasteiger partial charge in [0.15, 0.2) is 0 Å². The number of carbonyl (C=O) groups is 1. The minimum atomic E-state index is -4.68. The van der Waals surface area contributed by atoms with Gasteiger partial charge in [0.1, 0.15) is 11.4 Å². The Bertz CT molecular complexity index is 768. The lowest BCUT2D eigenvalue weighted by Gasteiger charge is -2.40. The van der Waals surface area contributed by atoms with Gasteiger partial charge in [0.25, 0.3) is 0 Å². The Morgan fingerprint density at radius 1 is 1.13 bits per heavy atom. The SMILES string of the molecule is CC(C)(C)OC(=O)NC1(CCN2CCc3cc(OC(F)(F)F)ccc3C2)CCCCC1. The number of halogens is 3.